The predicted octanol–water partition coefficient (Wildman–Crippen LogP) is 2.62. The van der Waals surface area contributed by atoms with E-state index in [2.05, 4.69) is 22.1 Å². The second kappa shape index (κ2) is 7.10. The molecule has 0 aliphatic carbocycles. The SMILES string of the molecule is CN(C)c1ccc(Cc2ccc(N(C)C)nc2)cn1.Cl. The van der Waals surface area contributed by atoms with Gasteiger partial charge in [-0.05, 0) is 23.3 Å². The Balaban J connectivity index is 0.00000200. The van der Waals surface area contributed by atoms with Gasteiger partial charge in [0.15, 0.2) is 0 Å². The first kappa shape index (κ1) is 16.2. The Hall–Kier alpha value is -1.81. The molecule has 0 bridgehead atoms. The van der Waals surface area contributed by atoms with E-state index in [0.29, 0.717) is 0 Å². The summed E-state index contributed by atoms with van der Waals surface area (Å²) in [6, 6.07) is 8.30. The highest BCUT2D eigenvalue weighted by atomic mass is 35.5. The highest BCUT2D eigenvalue weighted by molar-refractivity contribution is 5.85. The molecule has 2 heterocycles. The van der Waals surface area contributed by atoms with E-state index in [1.165, 1.54) is 11.1 Å². The molecule has 5 heteroatoms. The van der Waals surface area contributed by atoms with Crippen molar-refractivity contribution in [3.63, 3.8) is 0 Å². The van der Waals surface area contributed by atoms with Crippen LogP contribution in [0.4, 0.5) is 11.6 Å². The van der Waals surface area contributed by atoms with Gasteiger partial charge in [-0.15, -0.1) is 12.4 Å². The zero-order valence-corrected chi connectivity index (χ0v) is 13.2. The molecule has 0 aliphatic heterocycles. The maximum absolute atomic E-state index is 4.42. The van der Waals surface area contributed by atoms with Crippen molar-refractivity contribution < 1.29 is 0 Å². The monoisotopic (exact) mass is 292 g/mol. The van der Waals surface area contributed by atoms with Gasteiger partial charge in [0.25, 0.3) is 0 Å². The van der Waals surface area contributed by atoms with E-state index in [9.17, 15) is 0 Å². The van der Waals surface area contributed by atoms with Crippen LogP contribution in [0.15, 0.2) is 36.7 Å². The molecule has 0 radical (unpaired) electrons. The van der Waals surface area contributed by atoms with Crippen molar-refractivity contribution in [2.75, 3.05) is 38.0 Å². The van der Waals surface area contributed by atoms with Gasteiger partial charge in [0.1, 0.15) is 11.6 Å². The van der Waals surface area contributed by atoms with Crippen LogP contribution in [0, 0.1) is 0 Å². The standard InChI is InChI=1S/C15H20N4.ClH/c1-18(2)14-7-5-12(10-16-14)9-13-6-8-15(17-11-13)19(3)4;/h5-8,10-11H,9H2,1-4H3;1H. The van der Waals surface area contributed by atoms with Crippen molar-refractivity contribution in [2.24, 2.45) is 0 Å². The molecular formula is C15H21ClN4. The summed E-state index contributed by atoms with van der Waals surface area (Å²) in [5, 5.41) is 0. The Morgan fingerprint density at radius 1 is 0.750 bits per heavy atom. The minimum absolute atomic E-state index is 0. The van der Waals surface area contributed by atoms with E-state index in [-0.39, 0.29) is 12.4 Å². The molecule has 0 saturated heterocycles. The summed E-state index contributed by atoms with van der Waals surface area (Å²) in [4.78, 5) is 12.8. The largest absolute Gasteiger partial charge is 0.363 e. The molecule has 20 heavy (non-hydrogen) atoms. The number of rotatable bonds is 4. The summed E-state index contributed by atoms with van der Waals surface area (Å²) >= 11 is 0. The Morgan fingerprint density at radius 2 is 1.15 bits per heavy atom. The van der Waals surface area contributed by atoms with Crippen molar-refractivity contribution in [3.05, 3.63) is 47.8 Å². The predicted molar refractivity (Wildman–Crippen MR) is 87.2 cm³/mol. The zero-order chi connectivity index (χ0) is 13.8. The molecule has 0 fully saturated rings. The van der Waals surface area contributed by atoms with Crippen LogP contribution in [0.2, 0.25) is 0 Å². The fourth-order valence-corrected chi connectivity index (χ4v) is 1.81. The lowest BCUT2D eigenvalue weighted by atomic mass is 10.1. The summed E-state index contributed by atoms with van der Waals surface area (Å²) in [6.07, 6.45) is 4.71. The fraction of sp³-hybridized carbons (Fsp3) is 0.333. The summed E-state index contributed by atoms with van der Waals surface area (Å²) in [6.45, 7) is 0. The third kappa shape index (κ3) is 4.10. The summed E-state index contributed by atoms with van der Waals surface area (Å²) in [5.74, 6) is 1.95. The number of hydrogen-bond acceptors (Lipinski definition) is 4. The molecule has 2 aromatic rings. The van der Waals surface area contributed by atoms with E-state index in [1.54, 1.807) is 0 Å². The van der Waals surface area contributed by atoms with Crippen molar-refractivity contribution in [3.8, 4) is 0 Å². The zero-order valence-electron chi connectivity index (χ0n) is 12.4. The van der Waals surface area contributed by atoms with Gasteiger partial charge in [-0.25, -0.2) is 9.97 Å². The second-order valence-corrected chi connectivity index (χ2v) is 5.01. The number of aromatic nitrogens is 2. The van der Waals surface area contributed by atoms with Gasteiger partial charge in [-0.2, -0.15) is 0 Å². The number of anilines is 2. The van der Waals surface area contributed by atoms with Crippen LogP contribution in [0.5, 0.6) is 0 Å². The molecule has 0 saturated carbocycles. The van der Waals surface area contributed by atoms with Gasteiger partial charge in [0, 0.05) is 47.0 Å². The fourth-order valence-electron chi connectivity index (χ4n) is 1.81. The molecule has 0 aromatic carbocycles. The molecule has 108 valence electrons. The molecule has 2 aromatic heterocycles. The lowest BCUT2D eigenvalue weighted by Gasteiger charge is -2.12. The topological polar surface area (TPSA) is 32.3 Å². The second-order valence-electron chi connectivity index (χ2n) is 5.01. The average molecular weight is 293 g/mol. The van der Waals surface area contributed by atoms with Gasteiger partial charge in [-0.1, -0.05) is 12.1 Å². The molecule has 0 atom stereocenters. The molecule has 0 spiro atoms. The molecule has 0 unspecified atom stereocenters. The molecule has 2 rings (SSSR count). The van der Waals surface area contributed by atoms with Gasteiger partial charge in [0.2, 0.25) is 0 Å². The molecular weight excluding hydrogens is 272 g/mol. The third-order valence-electron chi connectivity index (χ3n) is 2.94. The summed E-state index contributed by atoms with van der Waals surface area (Å²) in [5.41, 5.74) is 2.40. The Labute approximate surface area is 126 Å². The highest BCUT2D eigenvalue weighted by Gasteiger charge is 2.01. The van der Waals surface area contributed by atoms with Crippen LogP contribution in [0.1, 0.15) is 11.1 Å². The van der Waals surface area contributed by atoms with Crippen LogP contribution < -0.4 is 9.80 Å². The van der Waals surface area contributed by atoms with Crippen LogP contribution in [0.3, 0.4) is 0 Å². The normalized spacial score (nSPS) is 9.80. The lowest BCUT2D eigenvalue weighted by Crippen LogP contribution is -2.10. The average Bonchev–Trinajstić information content (AvgIpc) is 2.40. The van der Waals surface area contributed by atoms with E-state index in [0.717, 1.165) is 18.1 Å². The molecule has 0 amide bonds. The maximum atomic E-state index is 4.42. The van der Waals surface area contributed by atoms with Gasteiger partial charge in [0.05, 0.1) is 0 Å². The smallest absolute Gasteiger partial charge is 0.127 e. The molecule has 0 aliphatic rings. The third-order valence-corrected chi connectivity index (χ3v) is 2.94. The van der Waals surface area contributed by atoms with Gasteiger partial charge in [-0.3, -0.25) is 0 Å². The van der Waals surface area contributed by atoms with E-state index >= 15 is 0 Å². The Bertz CT molecular complexity index is 471. The van der Waals surface area contributed by atoms with Crippen LogP contribution in [-0.2, 0) is 6.42 Å². The maximum Gasteiger partial charge on any atom is 0.127 e. The van der Waals surface area contributed by atoms with Gasteiger partial charge >= 0.3 is 0 Å². The Morgan fingerprint density at radius 3 is 1.40 bits per heavy atom. The van der Waals surface area contributed by atoms with E-state index in [4.69, 9.17) is 0 Å². The first-order valence-corrected chi connectivity index (χ1v) is 6.31. The molecule has 4 nitrogen and oxygen atoms in total. The quantitative estimate of drug-likeness (QED) is 0.867. The first-order chi connectivity index (χ1) is 9.06. The minimum atomic E-state index is 0. The van der Waals surface area contributed by atoms with Gasteiger partial charge < -0.3 is 9.80 Å². The van der Waals surface area contributed by atoms with Crippen molar-refractivity contribution in [1.82, 2.24) is 9.97 Å². The van der Waals surface area contributed by atoms with Crippen molar-refractivity contribution >= 4 is 24.0 Å². The summed E-state index contributed by atoms with van der Waals surface area (Å²) < 4.78 is 0. The van der Waals surface area contributed by atoms with Crippen molar-refractivity contribution in [1.29, 1.82) is 0 Å². The Kier molecular flexibility index (Phi) is 5.77. The van der Waals surface area contributed by atoms with Crippen LogP contribution >= 0.6 is 12.4 Å². The number of hydrogen-bond donors (Lipinski definition) is 0. The number of nitrogens with zero attached hydrogens (tertiary/aromatic N) is 4. The van der Waals surface area contributed by atoms with E-state index in [1.807, 2.05) is 62.5 Å². The van der Waals surface area contributed by atoms with E-state index < -0.39 is 0 Å². The first-order valence-electron chi connectivity index (χ1n) is 6.31. The van der Waals surface area contributed by atoms with Crippen molar-refractivity contribution in [2.45, 2.75) is 6.42 Å². The number of halogens is 1. The molecule has 0 N–H and O–H groups in total. The summed E-state index contributed by atoms with van der Waals surface area (Å²) in [7, 11) is 7.97. The highest BCUT2D eigenvalue weighted by Crippen LogP contribution is 2.14. The number of pyridine rings is 2. The van der Waals surface area contributed by atoms with Crippen LogP contribution in [0.25, 0.3) is 0 Å². The lowest BCUT2D eigenvalue weighted by molar-refractivity contribution is 1.03. The van der Waals surface area contributed by atoms with Crippen LogP contribution in [-0.4, -0.2) is 38.2 Å². The minimum Gasteiger partial charge on any atom is -0.363 e.